The van der Waals surface area contributed by atoms with Gasteiger partial charge in [0, 0.05) is 44.6 Å². The molecule has 2 aliphatic heterocycles. The molecule has 1 amide bonds. The van der Waals surface area contributed by atoms with E-state index in [-0.39, 0.29) is 44.0 Å². The van der Waals surface area contributed by atoms with E-state index in [9.17, 15) is 15.0 Å². The number of ether oxygens (including phenoxy) is 5. The van der Waals surface area contributed by atoms with E-state index in [2.05, 4.69) is 43.0 Å². The summed E-state index contributed by atoms with van der Waals surface area (Å²) in [6.07, 6.45) is 10.7. The van der Waals surface area contributed by atoms with Crippen molar-refractivity contribution in [2.45, 2.75) is 88.2 Å². The van der Waals surface area contributed by atoms with E-state index in [0.717, 1.165) is 67.2 Å². The molecule has 310 valence electrons. The number of allylic oxidation sites excluding steroid dienone is 1. The first kappa shape index (κ1) is 41.5. The second-order valence-corrected chi connectivity index (χ2v) is 15.7. The van der Waals surface area contributed by atoms with Crippen LogP contribution in [0.2, 0.25) is 0 Å². The lowest BCUT2D eigenvalue weighted by Gasteiger charge is -2.59. The van der Waals surface area contributed by atoms with Crippen molar-refractivity contribution < 1.29 is 43.5 Å². The van der Waals surface area contributed by atoms with Gasteiger partial charge in [0.1, 0.15) is 23.3 Å². The predicted octanol–water partition coefficient (Wildman–Crippen LogP) is 9.00. The molecule has 1 saturated heterocycles. The van der Waals surface area contributed by atoms with Crippen molar-refractivity contribution in [1.82, 2.24) is 4.90 Å². The Morgan fingerprint density at radius 2 is 1.71 bits per heavy atom. The molecular formula is C47H58N2O9. The van der Waals surface area contributed by atoms with Gasteiger partial charge in [-0.15, -0.1) is 6.58 Å². The van der Waals surface area contributed by atoms with Gasteiger partial charge in [-0.25, -0.2) is 4.79 Å². The summed E-state index contributed by atoms with van der Waals surface area (Å²) in [7, 11) is 3.08. The number of benzene rings is 3. The molecular weight excluding hydrogens is 737 g/mol. The Morgan fingerprint density at radius 3 is 2.41 bits per heavy atom. The normalized spacial score (nSPS) is 26.7. The van der Waals surface area contributed by atoms with E-state index < -0.39 is 30.1 Å². The van der Waals surface area contributed by atoms with Gasteiger partial charge in [-0.1, -0.05) is 72.6 Å². The molecule has 0 radical (unpaired) electrons. The standard InChI is InChI=1S/C47H58N2O9/c1-4-27-55-47-42(49(2)46(52)53-3)31-40(48-58-43-18-10-13-28-54-43)38-29-34(16-8-11-25-50)37(17-9-12-26-51)44(45(38)47)39-30-36(23-24-41(39)57-47)56-35-21-19-33(20-22-35)32-14-6-5-7-15-32/h4-7,14-15,19-24,29-30,34,37,42-45,50-51H,1,8-13,16-18,25-28,31H2,2-3H3. The monoisotopic (exact) mass is 794 g/mol. The summed E-state index contributed by atoms with van der Waals surface area (Å²) in [4.78, 5) is 21.2. The lowest BCUT2D eigenvalue weighted by Crippen LogP contribution is -2.69. The third-order valence-corrected chi connectivity index (χ3v) is 12.2. The Balaban J connectivity index is 1.37. The summed E-state index contributed by atoms with van der Waals surface area (Å²) in [5, 5.41) is 24.6. The number of aliphatic hydroxyl groups excluding tert-OH is 2. The van der Waals surface area contributed by atoms with Crippen molar-refractivity contribution in [3.8, 4) is 28.4 Å². The molecule has 0 bridgehead atoms. The van der Waals surface area contributed by atoms with Crippen LogP contribution >= 0.6 is 0 Å². The summed E-state index contributed by atoms with van der Waals surface area (Å²) >= 11 is 0. The number of unbranched alkanes of at least 4 members (excludes halogenated alkanes) is 2. The second-order valence-electron chi connectivity index (χ2n) is 15.7. The number of aliphatic hydroxyl groups is 2. The van der Waals surface area contributed by atoms with Crippen LogP contribution in [-0.2, 0) is 19.0 Å². The van der Waals surface area contributed by atoms with Crippen LogP contribution in [0.3, 0.4) is 0 Å². The molecule has 7 rings (SSSR count). The van der Waals surface area contributed by atoms with Gasteiger partial charge in [-0.3, -0.25) is 0 Å². The maximum Gasteiger partial charge on any atom is 0.409 e. The van der Waals surface area contributed by atoms with Crippen LogP contribution in [-0.4, -0.2) is 85.6 Å². The molecule has 2 N–H and O–H groups in total. The average molecular weight is 795 g/mol. The second kappa shape index (κ2) is 19.4. The largest absolute Gasteiger partial charge is 0.459 e. The van der Waals surface area contributed by atoms with Gasteiger partial charge in [-0.2, -0.15) is 0 Å². The van der Waals surface area contributed by atoms with Crippen molar-refractivity contribution in [1.29, 1.82) is 0 Å². The lowest BCUT2D eigenvalue weighted by atomic mass is 9.55. The van der Waals surface area contributed by atoms with Crippen molar-refractivity contribution in [3.63, 3.8) is 0 Å². The predicted molar refractivity (Wildman–Crippen MR) is 222 cm³/mol. The fourth-order valence-electron chi connectivity index (χ4n) is 9.46. The number of amides is 1. The maximum atomic E-state index is 13.5. The minimum Gasteiger partial charge on any atom is -0.459 e. The summed E-state index contributed by atoms with van der Waals surface area (Å²) < 4.78 is 31.9. The molecule has 11 nitrogen and oxygen atoms in total. The Kier molecular flexibility index (Phi) is 13.9. The number of methoxy groups -OCH3 is 1. The molecule has 0 spiro atoms. The highest BCUT2D eigenvalue weighted by Gasteiger charge is 2.65. The molecule has 2 aliphatic carbocycles. The van der Waals surface area contributed by atoms with Crippen LogP contribution in [0.25, 0.3) is 11.1 Å². The zero-order valence-corrected chi connectivity index (χ0v) is 33.8. The van der Waals surface area contributed by atoms with E-state index in [1.807, 2.05) is 42.5 Å². The SMILES string of the molecule is C=CCOC12Oc3ccc(Oc4ccc(-c5ccccc5)cc4)cc3C3C(CCCCO)C(CCCCO)C=C(C(=NOC4CCCCO4)CC1N(C)C(=O)OC)C32. The molecule has 11 heteroatoms. The van der Waals surface area contributed by atoms with Crippen molar-refractivity contribution >= 4 is 11.8 Å². The number of oxime groups is 1. The summed E-state index contributed by atoms with van der Waals surface area (Å²) in [5.74, 6) is 0.235. The van der Waals surface area contributed by atoms with Crippen LogP contribution < -0.4 is 9.47 Å². The van der Waals surface area contributed by atoms with Gasteiger partial charge < -0.3 is 43.6 Å². The van der Waals surface area contributed by atoms with Gasteiger partial charge in [0.05, 0.1) is 32.0 Å². The number of fused-ring (bicyclic) bond motifs is 2. The molecule has 1 saturated carbocycles. The van der Waals surface area contributed by atoms with Crippen LogP contribution in [0.5, 0.6) is 17.2 Å². The first-order valence-electron chi connectivity index (χ1n) is 20.9. The molecule has 3 aromatic rings. The van der Waals surface area contributed by atoms with E-state index >= 15 is 0 Å². The lowest BCUT2D eigenvalue weighted by molar-refractivity contribution is -0.253. The highest BCUT2D eigenvalue weighted by Crippen LogP contribution is 2.62. The highest BCUT2D eigenvalue weighted by molar-refractivity contribution is 6.03. The molecule has 7 unspecified atom stereocenters. The van der Waals surface area contributed by atoms with Gasteiger partial charge in [0.2, 0.25) is 12.1 Å². The first-order valence-corrected chi connectivity index (χ1v) is 20.9. The van der Waals surface area contributed by atoms with Crippen LogP contribution in [0.4, 0.5) is 4.79 Å². The van der Waals surface area contributed by atoms with Gasteiger partial charge in [0.15, 0.2) is 0 Å². The summed E-state index contributed by atoms with van der Waals surface area (Å²) in [6.45, 7) is 5.00. The minimum atomic E-state index is -1.36. The quantitative estimate of drug-likeness (QED) is 0.0782. The van der Waals surface area contributed by atoms with Crippen LogP contribution in [0.1, 0.15) is 75.7 Å². The fraction of sp³-hybridized carbons (Fsp3) is 0.489. The van der Waals surface area contributed by atoms with Crippen molar-refractivity contribution in [3.05, 3.63) is 103 Å². The van der Waals surface area contributed by atoms with Crippen molar-refractivity contribution in [2.75, 3.05) is 40.6 Å². The third-order valence-electron chi connectivity index (χ3n) is 12.2. The number of nitrogens with zero attached hydrogens (tertiary/aromatic N) is 2. The number of hydrogen-bond acceptors (Lipinski definition) is 10. The number of carbonyl (C=O) groups is 1. The minimum absolute atomic E-state index is 0.0831. The molecule has 4 aliphatic rings. The summed E-state index contributed by atoms with van der Waals surface area (Å²) in [5.41, 5.74) is 4.88. The average Bonchev–Trinajstić information content (AvgIpc) is 3.26. The molecule has 0 aromatic heterocycles. The first-order chi connectivity index (χ1) is 28.4. The van der Waals surface area contributed by atoms with E-state index in [4.69, 9.17) is 33.7 Å². The van der Waals surface area contributed by atoms with E-state index in [1.165, 1.54) is 7.11 Å². The van der Waals surface area contributed by atoms with Gasteiger partial charge in [-0.05, 0) is 97.4 Å². The Hall–Kier alpha value is -4.68. The highest BCUT2D eigenvalue weighted by atomic mass is 16.8. The van der Waals surface area contributed by atoms with E-state index in [0.29, 0.717) is 42.4 Å². The molecule has 58 heavy (non-hydrogen) atoms. The number of hydrogen-bond donors (Lipinski definition) is 2. The van der Waals surface area contributed by atoms with Crippen LogP contribution in [0, 0.1) is 17.8 Å². The maximum absolute atomic E-state index is 13.5. The Labute approximate surface area is 342 Å². The number of rotatable bonds is 17. The third kappa shape index (κ3) is 8.83. The fourth-order valence-corrected chi connectivity index (χ4v) is 9.46. The van der Waals surface area contributed by atoms with Crippen molar-refractivity contribution in [2.24, 2.45) is 22.9 Å². The van der Waals surface area contributed by atoms with E-state index in [1.54, 1.807) is 18.0 Å². The smallest absolute Gasteiger partial charge is 0.409 e. The Bertz CT molecular complexity index is 1890. The zero-order chi connectivity index (χ0) is 40.5. The number of carbonyl (C=O) groups excluding carboxylic acids is 1. The molecule has 2 fully saturated rings. The van der Waals surface area contributed by atoms with Gasteiger partial charge in [0.25, 0.3) is 0 Å². The number of likely N-dealkylation sites (N-methyl/N-ethyl adjacent to an activating group) is 1. The topological polar surface area (TPSA) is 129 Å². The zero-order valence-electron chi connectivity index (χ0n) is 33.8. The Morgan fingerprint density at radius 1 is 0.966 bits per heavy atom. The molecule has 2 heterocycles. The molecule has 7 atom stereocenters. The van der Waals surface area contributed by atoms with Gasteiger partial charge >= 0.3 is 6.09 Å². The summed E-state index contributed by atoms with van der Waals surface area (Å²) in [6, 6.07) is 23.6. The molecule has 3 aromatic carbocycles. The van der Waals surface area contributed by atoms with Crippen LogP contribution in [0.15, 0.2) is 102 Å².